The third-order valence-electron chi connectivity index (χ3n) is 5.05. The number of fused-ring (bicyclic) bond motifs is 1. The van der Waals surface area contributed by atoms with Gasteiger partial charge < -0.3 is 5.32 Å². The zero-order valence-electron chi connectivity index (χ0n) is 12.3. The predicted octanol–water partition coefficient (Wildman–Crippen LogP) is 4.35. The number of hydrogen-bond donors (Lipinski definition) is 1. The molecule has 0 amide bonds. The van der Waals surface area contributed by atoms with Crippen molar-refractivity contribution < 1.29 is 0 Å². The Bertz CT molecular complexity index is 397. The summed E-state index contributed by atoms with van der Waals surface area (Å²) < 4.78 is 0. The van der Waals surface area contributed by atoms with E-state index in [4.69, 9.17) is 0 Å². The molecule has 1 N–H and O–H groups in total. The van der Waals surface area contributed by atoms with Gasteiger partial charge in [-0.05, 0) is 36.7 Å². The summed E-state index contributed by atoms with van der Waals surface area (Å²) in [4.78, 5) is 0. The molecule has 0 aromatic heterocycles. The fourth-order valence-electron chi connectivity index (χ4n) is 4.35. The van der Waals surface area contributed by atoms with Crippen LogP contribution in [0, 0.1) is 11.8 Å². The minimum Gasteiger partial charge on any atom is -0.310 e. The predicted molar refractivity (Wildman–Crippen MR) is 81.3 cm³/mol. The van der Waals surface area contributed by atoms with Gasteiger partial charge in [-0.25, -0.2) is 0 Å². The monoisotopic (exact) mass is 257 g/mol. The molecule has 0 spiro atoms. The Morgan fingerprint density at radius 3 is 2.58 bits per heavy atom. The molecule has 1 heteroatoms. The Morgan fingerprint density at radius 2 is 1.84 bits per heavy atom. The minimum absolute atomic E-state index is 0.690. The second-order valence-corrected chi connectivity index (χ2v) is 6.89. The van der Waals surface area contributed by atoms with E-state index in [1.807, 2.05) is 0 Å². The summed E-state index contributed by atoms with van der Waals surface area (Å²) in [7, 11) is 0. The van der Waals surface area contributed by atoms with E-state index in [-0.39, 0.29) is 0 Å². The zero-order chi connectivity index (χ0) is 13.2. The number of rotatable bonds is 3. The topological polar surface area (TPSA) is 12.0 Å². The summed E-state index contributed by atoms with van der Waals surface area (Å²) in [6.07, 6.45) is 6.98. The van der Waals surface area contributed by atoms with Crippen LogP contribution in [-0.2, 0) is 0 Å². The highest BCUT2D eigenvalue weighted by Gasteiger charge is 2.43. The number of nitrogens with one attached hydrogen (secondary N) is 1. The molecule has 1 aromatic carbocycles. The van der Waals surface area contributed by atoms with Crippen molar-refractivity contribution in [1.82, 2.24) is 5.32 Å². The normalized spacial score (nSPS) is 34.5. The third-order valence-corrected chi connectivity index (χ3v) is 5.05. The van der Waals surface area contributed by atoms with Crippen LogP contribution in [-0.4, -0.2) is 12.1 Å². The van der Waals surface area contributed by atoms with E-state index in [0.29, 0.717) is 6.04 Å². The van der Waals surface area contributed by atoms with Gasteiger partial charge in [-0.1, -0.05) is 57.0 Å². The smallest absolute Gasteiger partial charge is 0.0144 e. The second-order valence-electron chi connectivity index (χ2n) is 6.89. The van der Waals surface area contributed by atoms with Crippen LogP contribution in [0.2, 0.25) is 0 Å². The average Bonchev–Trinajstić information content (AvgIpc) is 2.76. The molecule has 104 valence electrons. The molecule has 2 aliphatic rings. The van der Waals surface area contributed by atoms with Gasteiger partial charge in [0.25, 0.3) is 0 Å². The highest BCUT2D eigenvalue weighted by atomic mass is 15.0. The molecule has 1 aliphatic carbocycles. The van der Waals surface area contributed by atoms with E-state index in [0.717, 1.165) is 23.8 Å². The van der Waals surface area contributed by atoms with Crippen LogP contribution in [0.3, 0.4) is 0 Å². The molecule has 4 unspecified atom stereocenters. The molecule has 1 saturated carbocycles. The standard InChI is InChI=1S/C18H27N/c1-13(2)12-17-18(14-8-4-3-5-9-14)15-10-6-7-11-16(15)19-17/h3-5,8-9,13,15-19H,6-7,10-12H2,1-2H3. The van der Waals surface area contributed by atoms with Gasteiger partial charge in [-0.15, -0.1) is 0 Å². The summed E-state index contributed by atoms with van der Waals surface area (Å²) >= 11 is 0. The van der Waals surface area contributed by atoms with Gasteiger partial charge in [0.15, 0.2) is 0 Å². The van der Waals surface area contributed by atoms with Crippen molar-refractivity contribution in [3.63, 3.8) is 0 Å². The molecular weight excluding hydrogens is 230 g/mol. The first kappa shape index (κ1) is 13.2. The molecule has 2 fully saturated rings. The highest BCUT2D eigenvalue weighted by molar-refractivity contribution is 5.25. The van der Waals surface area contributed by atoms with Gasteiger partial charge in [-0.2, -0.15) is 0 Å². The fraction of sp³-hybridized carbons (Fsp3) is 0.667. The molecule has 0 radical (unpaired) electrons. The van der Waals surface area contributed by atoms with E-state index in [2.05, 4.69) is 49.5 Å². The quantitative estimate of drug-likeness (QED) is 0.849. The Kier molecular flexibility index (Phi) is 3.93. The van der Waals surface area contributed by atoms with Crippen molar-refractivity contribution in [2.24, 2.45) is 11.8 Å². The summed E-state index contributed by atoms with van der Waals surface area (Å²) in [5.41, 5.74) is 1.56. The van der Waals surface area contributed by atoms with Crippen molar-refractivity contribution in [3.8, 4) is 0 Å². The highest BCUT2D eigenvalue weighted by Crippen LogP contribution is 2.44. The molecule has 3 rings (SSSR count). The summed E-state index contributed by atoms with van der Waals surface area (Å²) in [6.45, 7) is 4.71. The molecule has 1 heterocycles. The van der Waals surface area contributed by atoms with Crippen molar-refractivity contribution in [1.29, 1.82) is 0 Å². The Hall–Kier alpha value is -0.820. The van der Waals surface area contributed by atoms with Gasteiger partial charge in [0.05, 0.1) is 0 Å². The zero-order valence-corrected chi connectivity index (χ0v) is 12.3. The molecule has 4 atom stereocenters. The van der Waals surface area contributed by atoms with Crippen molar-refractivity contribution >= 4 is 0 Å². The lowest BCUT2D eigenvalue weighted by atomic mass is 9.74. The van der Waals surface area contributed by atoms with Crippen LogP contribution in [0.5, 0.6) is 0 Å². The Labute approximate surface area is 117 Å². The fourth-order valence-corrected chi connectivity index (χ4v) is 4.35. The largest absolute Gasteiger partial charge is 0.310 e. The van der Waals surface area contributed by atoms with E-state index in [9.17, 15) is 0 Å². The summed E-state index contributed by atoms with van der Waals surface area (Å²) in [5, 5.41) is 3.97. The van der Waals surface area contributed by atoms with Crippen LogP contribution < -0.4 is 5.32 Å². The maximum Gasteiger partial charge on any atom is 0.0144 e. The molecule has 1 saturated heterocycles. The lowest BCUT2D eigenvalue weighted by Gasteiger charge is -2.29. The maximum absolute atomic E-state index is 3.97. The van der Waals surface area contributed by atoms with Crippen molar-refractivity contribution in [3.05, 3.63) is 35.9 Å². The SMILES string of the molecule is CC(C)CC1NC2CCCCC2C1c1ccccc1. The molecule has 0 bridgehead atoms. The van der Waals surface area contributed by atoms with Crippen molar-refractivity contribution in [2.45, 2.75) is 64.0 Å². The maximum atomic E-state index is 3.97. The molecule has 19 heavy (non-hydrogen) atoms. The Morgan fingerprint density at radius 1 is 1.11 bits per heavy atom. The van der Waals surface area contributed by atoms with E-state index in [1.54, 1.807) is 5.56 Å². The van der Waals surface area contributed by atoms with Gasteiger partial charge >= 0.3 is 0 Å². The van der Waals surface area contributed by atoms with Crippen LogP contribution in [0.25, 0.3) is 0 Å². The van der Waals surface area contributed by atoms with Crippen LogP contribution in [0.4, 0.5) is 0 Å². The van der Waals surface area contributed by atoms with E-state index in [1.165, 1.54) is 32.1 Å². The Balaban J connectivity index is 1.86. The number of hydrogen-bond acceptors (Lipinski definition) is 1. The summed E-state index contributed by atoms with van der Waals surface area (Å²) in [5.74, 6) is 2.40. The number of benzene rings is 1. The van der Waals surface area contributed by atoms with Crippen LogP contribution in [0.15, 0.2) is 30.3 Å². The lowest BCUT2D eigenvalue weighted by Crippen LogP contribution is -2.33. The van der Waals surface area contributed by atoms with Gasteiger partial charge in [0.2, 0.25) is 0 Å². The van der Waals surface area contributed by atoms with Gasteiger partial charge in [0.1, 0.15) is 0 Å². The minimum atomic E-state index is 0.690. The first-order valence-corrected chi connectivity index (χ1v) is 8.06. The molecule has 1 aromatic rings. The van der Waals surface area contributed by atoms with Crippen LogP contribution >= 0.6 is 0 Å². The lowest BCUT2D eigenvalue weighted by molar-refractivity contribution is 0.307. The van der Waals surface area contributed by atoms with Gasteiger partial charge in [-0.3, -0.25) is 0 Å². The average molecular weight is 257 g/mol. The summed E-state index contributed by atoms with van der Waals surface area (Å²) in [6, 6.07) is 12.7. The van der Waals surface area contributed by atoms with Gasteiger partial charge in [0, 0.05) is 18.0 Å². The van der Waals surface area contributed by atoms with Crippen molar-refractivity contribution in [2.75, 3.05) is 0 Å². The van der Waals surface area contributed by atoms with E-state index < -0.39 is 0 Å². The molecular formula is C18H27N. The molecule has 1 aliphatic heterocycles. The molecule has 1 nitrogen and oxygen atoms in total. The first-order valence-electron chi connectivity index (χ1n) is 8.06. The second kappa shape index (κ2) is 5.66. The van der Waals surface area contributed by atoms with Crippen LogP contribution in [0.1, 0.15) is 57.4 Å². The third kappa shape index (κ3) is 2.72. The van der Waals surface area contributed by atoms with E-state index >= 15 is 0 Å². The first-order chi connectivity index (χ1) is 9.25.